The fourth-order valence-corrected chi connectivity index (χ4v) is 2.38. The maximum atomic E-state index is 8.86. The Hall–Kier alpha value is -2.57. The van der Waals surface area contributed by atoms with E-state index in [4.69, 9.17) is 10.00 Å². The molecule has 0 fully saturated rings. The molecule has 0 bridgehead atoms. The van der Waals surface area contributed by atoms with Crippen LogP contribution in [0, 0.1) is 11.3 Å². The summed E-state index contributed by atoms with van der Waals surface area (Å²) >= 11 is 0. The summed E-state index contributed by atoms with van der Waals surface area (Å²) in [4.78, 5) is 2.28. The number of hydrogen-bond acceptors (Lipinski definition) is 3. The Morgan fingerprint density at radius 3 is 2.50 bits per heavy atom. The minimum absolute atomic E-state index is 0.684. The molecule has 0 amide bonds. The van der Waals surface area contributed by atoms with Crippen LogP contribution >= 0.6 is 0 Å². The van der Waals surface area contributed by atoms with Gasteiger partial charge in [0, 0.05) is 25.2 Å². The normalized spacial score (nSPS) is 10.2. The zero-order valence-electron chi connectivity index (χ0n) is 12.8. The van der Waals surface area contributed by atoms with E-state index in [-0.39, 0.29) is 0 Å². The number of methoxy groups -OCH3 is 1. The zero-order valence-corrected chi connectivity index (χ0v) is 12.8. The lowest BCUT2D eigenvalue weighted by Crippen LogP contribution is -2.23. The first-order chi connectivity index (χ1) is 10.8. The Kier molecular flexibility index (Phi) is 5.76. The molecule has 22 heavy (non-hydrogen) atoms. The molecule has 2 aromatic rings. The summed E-state index contributed by atoms with van der Waals surface area (Å²) in [5.74, 6) is 0.899. The maximum Gasteiger partial charge on any atom is 0.123 e. The standard InChI is InChI=1S/C19H20N2O/c1-3-12-21(14-17-10-8-16(13-20)9-11-17)15-18-6-4-5-7-19(18)22-2/h3-11H,1,12,14-15H2,2H3. The third-order valence-corrected chi connectivity index (χ3v) is 3.46. The lowest BCUT2D eigenvalue weighted by atomic mass is 10.1. The van der Waals surface area contributed by atoms with Crippen molar-refractivity contribution in [2.24, 2.45) is 0 Å². The minimum Gasteiger partial charge on any atom is -0.496 e. The lowest BCUT2D eigenvalue weighted by Gasteiger charge is -2.22. The lowest BCUT2D eigenvalue weighted by molar-refractivity contribution is 0.280. The molecule has 0 spiro atoms. The Balaban J connectivity index is 2.12. The Bertz CT molecular complexity index is 656. The topological polar surface area (TPSA) is 36.3 Å². The van der Waals surface area contributed by atoms with Gasteiger partial charge in [-0.1, -0.05) is 36.4 Å². The summed E-state index contributed by atoms with van der Waals surface area (Å²) in [6.45, 7) is 6.22. The average Bonchev–Trinajstić information content (AvgIpc) is 2.56. The Labute approximate surface area is 132 Å². The van der Waals surface area contributed by atoms with Crippen LogP contribution in [0.2, 0.25) is 0 Å². The van der Waals surface area contributed by atoms with Gasteiger partial charge in [0.15, 0.2) is 0 Å². The molecular weight excluding hydrogens is 272 g/mol. The highest BCUT2D eigenvalue weighted by Gasteiger charge is 2.09. The third kappa shape index (κ3) is 4.21. The van der Waals surface area contributed by atoms with Crippen molar-refractivity contribution in [3.8, 4) is 11.8 Å². The second-order valence-corrected chi connectivity index (χ2v) is 5.08. The number of nitriles is 1. The van der Waals surface area contributed by atoms with Crippen molar-refractivity contribution >= 4 is 0 Å². The maximum absolute atomic E-state index is 8.86. The van der Waals surface area contributed by atoms with Gasteiger partial charge in [-0.3, -0.25) is 4.90 Å². The van der Waals surface area contributed by atoms with Gasteiger partial charge >= 0.3 is 0 Å². The summed E-state index contributed by atoms with van der Waals surface area (Å²) in [7, 11) is 1.69. The first-order valence-corrected chi connectivity index (χ1v) is 7.21. The fraction of sp³-hybridized carbons (Fsp3) is 0.211. The van der Waals surface area contributed by atoms with Crippen molar-refractivity contribution in [3.05, 3.63) is 77.9 Å². The molecule has 0 saturated heterocycles. The molecule has 3 nitrogen and oxygen atoms in total. The van der Waals surface area contributed by atoms with Crippen molar-refractivity contribution in [1.29, 1.82) is 5.26 Å². The summed E-state index contributed by atoms with van der Waals surface area (Å²) < 4.78 is 5.42. The number of nitrogens with zero attached hydrogens (tertiary/aromatic N) is 2. The van der Waals surface area contributed by atoms with E-state index in [1.54, 1.807) is 7.11 Å². The quantitative estimate of drug-likeness (QED) is 0.729. The second kappa shape index (κ2) is 8.02. The van der Waals surface area contributed by atoms with Crippen LogP contribution in [-0.4, -0.2) is 18.6 Å². The summed E-state index contributed by atoms with van der Waals surface area (Å²) in [5.41, 5.74) is 3.01. The average molecular weight is 292 g/mol. The predicted octanol–water partition coefficient (Wildman–Crippen LogP) is 3.76. The molecule has 0 heterocycles. The molecule has 0 radical (unpaired) electrons. The molecule has 2 aromatic carbocycles. The van der Waals surface area contributed by atoms with E-state index in [1.807, 2.05) is 48.5 Å². The Morgan fingerprint density at radius 2 is 1.86 bits per heavy atom. The van der Waals surface area contributed by atoms with Gasteiger partial charge in [-0.2, -0.15) is 5.26 Å². The highest BCUT2D eigenvalue weighted by atomic mass is 16.5. The molecule has 0 unspecified atom stereocenters. The van der Waals surface area contributed by atoms with E-state index in [2.05, 4.69) is 23.6 Å². The first-order valence-electron chi connectivity index (χ1n) is 7.21. The van der Waals surface area contributed by atoms with Crippen LogP contribution < -0.4 is 4.74 Å². The van der Waals surface area contributed by atoms with Gasteiger partial charge in [0.1, 0.15) is 5.75 Å². The second-order valence-electron chi connectivity index (χ2n) is 5.08. The van der Waals surface area contributed by atoms with Gasteiger partial charge in [0.05, 0.1) is 18.7 Å². The largest absolute Gasteiger partial charge is 0.496 e. The van der Waals surface area contributed by atoms with E-state index < -0.39 is 0 Å². The van der Waals surface area contributed by atoms with Crippen molar-refractivity contribution < 1.29 is 4.74 Å². The number of hydrogen-bond donors (Lipinski definition) is 0. The monoisotopic (exact) mass is 292 g/mol. The van der Waals surface area contributed by atoms with Gasteiger partial charge in [0.2, 0.25) is 0 Å². The molecular formula is C19H20N2O. The summed E-state index contributed by atoms with van der Waals surface area (Å²) in [6, 6.07) is 17.9. The van der Waals surface area contributed by atoms with E-state index in [0.717, 1.165) is 30.9 Å². The Morgan fingerprint density at radius 1 is 1.14 bits per heavy atom. The predicted molar refractivity (Wildman–Crippen MR) is 88.5 cm³/mol. The molecule has 2 rings (SSSR count). The van der Waals surface area contributed by atoms with Gasteiger partial charge in [0.25, 0.3) is 0 Å². The van der Waals surface area contributed by atoms with E-state index in [0.29, 0.717) is 5.56 Å². The first kappa shape index (κ1) is 15.8. The highest BCUT2D eigenvalue weighted by Crippen LogP contribution is 2.20. The molecule has 3 heteroatoms. The summed E-state index contributed by atoms with van der Waals surface area (Å²) in [6.07, 6.45) is 1.90. The van der Waals surface area contributed by atoms with Gasteiger partial charge < -0.3 is 4.74 Å². The van der Waals surface area contributed by atoms with Crippen LogP contribution in [0.4, 0.5) is 0 Å². The van der Waals surface area contributed by atoms with Gasteiger partial charge in [-0.05, 0) is 23.8 Å². The smallest absolute Gasteiger partial charge is 0.123 e. The van der Waals surface area contributed by atoms with E-state index >= 15 is 0 Å². The fourth-order valence-electron chi connectivity index (χ4n) is 2.38. The molecule has 0 aliphatic rings. The molecule has 0 aromatic heterocycles. The van der Waals surface area contributed by atoms with Crippen molar-refractivity contribution in [2.75, 3.05) is 13.7 Å². The van der Waals surface area contributed by atoms with Crippen LogP contribution in [0.1, 0.15) is 16.7 Å². The van der Waals surface area contributed by atoms with Crippen molar-refractivity contribution in [1.82, 2.24) is 4.90 Å². The van der Waals surface area contributed by atoms with Gasteiger partial charge in [-0.15, -0.1) is 6.58 Å². The zero-order chi connectivity index (χ0) is 15.8. The molecule has 0 aliphatic heterocycles. The molecule has 0 saturated carbocycles. The van der Waals surface area contributed by atoms with Gasteiger partial charge in [-0.25, -0.2) is 0 Å². The number of ether oxygens (including phenoxy) is 1. The minimum atomic E-state index is 0.684. The SMILES string of the molecule is C=CCN(Cc1ccc(C#N)cc1)Cc1ccccc1OC. The number of para-hydroxylation sites is 1. The van der Waals surface area contributed by atoms with Crippen LogP contribution in [0.15, 0.2) is 61.2 Å². The van der Waals surface area contributed by atoms with Crippen LogP contribution in [-0.2, 0) is 13.1 Å². The number of benzene rings is 2. The molecule has 0 N–H and O–H groups in total. The van der Waals surface area contributed by atoms with Crippen LogP contribution in [0.25, 0.3) is 0 Å². The van der Waals surface area contributed by atoms with Crippen molar-refractivity contribution in [2.45, 2.75) is 13.1 Å². The van der Waals surface area contributed by atoms with E-state index in [1.165, 1.54) is 5.56 Å². The summed E-state index contributed by atoms with van der Waals surface area (Å²) in [5, 5.41) is 8.86. The third-order valence-electron chi connectivity index (χ3n) is 3.46. The van der Waals surface area contributed by atoms with Crippen LogP contribution in [0.3, 0.4) is 0 Å². The molecule has 0 atom stereocenters. The number of rotatable bonds is 7. The van der Waals surface area contributed by atoms with E-state index in [9.17, 15) is 0 Å². The molecule has 0 aliphatic carbocycles. The molecule has 112 valence electrons. The van der Waals surface area contributed by atoms with Crippen LogP contribution in [0.5, 0.6) is 5.75 Å². The highest BCUT2D eigenvalue weighted by molar-refractivity contribution is 5.34. The van der Waals surface area contributed by atoms with Crippen molar-refractivity contribution in [3.63, 3.8) is 0 Å².